The second-order valence-electron chi connectivity index (χ2n) is 3.62. The van der Waals surface area contributed by atoms with Gasteiger partial charge in [0.25, 0.3) is 5.82 Å². The summed E-state index contributed by atoms with van der Waals surface area (Å²) in [6.07, 6.45) is 3.45. The number of rotatable bonds is 2. The van der Waals surface area contributed by atoms with Gasteiger partial charge >= 0.3 is 0 Å². The van der Waals surface area contributed by atoms with Crippen LogP contribution in [0.3, 0.4) is 0 Å². The first-order valence-corrected chi connectivity index (χ1v) is 6.29. The minimum Gasteiger partial charge on any atom is -0.361 e. The van der Waals surface area contributed by atoms with Crippen LogP contribution in [-0.4, -0.2) is 17.8 Å². The van der Waals surface area contributed by atoms with Gasteiger partial charge in [0, 0.05) is 29.2 Å². The topological polar surface area (TPSA) is 38.5 Å². The highest BCUT2D eigenvalue weighted by Crippen LogP contribution is 2.23. The molecule has 0 radical (unpaired) electrons. The Morgan fingerprint density at radius 1 is 1.50 bits per heavy atom. The fourth-order valence-electron chi connectivity index (χ4n) is 1.62. The van der Waals surface area contributed by atoms with Gasteiger partial charge in [0.15, 0.2) is 0 Å². The molecule has 0 aromatic carbocycles. The molecule has 1 atom stereocenters. The molecule has 16 heavy (non-hydrogen) atoms. The summed E-state index contributed by atoms with van der Waals surface area (Å²) in [5.74, 6) is 0.430. The minimum absolute atomic E-state index is 0.0860. The third-order valence-electron chi connectivity index (χ3n) is 2.44. The van der Waals surface area contributed by atoms with Crippen molar-refractivity contribution in [1.82, 2.24) is 4.98 Å². The summed E-state index contributed by atoms with van der Waals surface area (Å²) in [5, 5.41) is 3.31. The Hall–Kier alpha value is -0.870. The summed E-state index contributed by atoms with van der Waals surface area (Å²) in [4.78, 5) is 7.47. The smallest absolute Gasteiger partial charge is 0.270 e. The van der Waals surface area contributed by atoms with E-state index in [1.807, 2.05) is 6.07 Å². The summed E-state index contributed by atoms with van der Waals surface area (Å²) in [6, 6.07) is 3.61. The highest BCUT2D eigenvalue weighted by atomic mass is 127. The van der Waals surface area contributed by atoms with Crippen molar-refractivity contribution in [1.29, 1.82) is 0 Å². The van der Waals surface area contributed by atoms with Gasteiger partial charge in [-0.2, -0.15) is 0 Å². The van der Waals surface area contributed by atoms with Crippen molar-refractivity contribution in [3.63, 3.8) is 0 Å². The molecular formula is C11H12IN3O. The summed E-state index contributed by atoms with van der Waals surface area (Å²) < 4.78 is 6.41. The number of aromatic nitrogens is 1. The molecular weight excluding hydrogens is 317 g/mol. The number of pyridine rings is 1. The fraction of sp³-hybridized carbons (Fsp3) is 0.455. The van der Waals surface area contributed by atoms with E-state index in [1.165, 1.54) is 6.42 Å². The SMILES string of the molecule is [C-]#[N+]c1ccc(NC2CCCCO2)c(I)n1. The van der Waals surface area contributed by atoms with Crippen LogP contribution in [-0.2, 0) is 4.74 Å². The van der Waals surface area contributed by atoms with E-state index in [1.54, 1.807) is 6.07 Å². The van der Waals surface area contributed by atoms with Crippen LogP contribution >= 0.6 is 22.6 Å². The Morgan fingerprint density at radius 3 is 3.00 bits per heavy atom. The van der Waals surface area contributed by atoms with Crippen LogP contribution in [0.25, 0.3) is 4.85 Å². The Morgan fingerprint density at radius 2 is 2.38 bits per heavy atom. The molecule has 84 valence electrons. The van der Waals surface area contributed by atoms with Crippen molar-refractivity contribution >= 4 is 34.1 Å². The first-order chi connectivity index (χ1) is 7.79. The van der Waals surface area contributed by atoms with E-state index in [2.05, 4.69) is 37.7 Å². The second-order valence-corrected chi connectivity index (χ2v) is 4.64. The van der Waals surface area contributed by atoms with Gasteiger partial charge in [-0.15, -0.1) is 4.98 Å². The molecule has 1 saturated heterocycles. The number of halogens is 1. The Bertz CT molecular complexity index is 410. The van der Waals surface area contributed by atoms with Crippen LogP contribution in [0.4, 0.5) is 11.5 Å². The standard InChI is InChI=1S/C11H12IN3O/c1-13-9-6-5-8(11(12)15-9)14-10-4-2-3-7-16-10/h5-6,10,14H,2-4,7H2. The highest BCUT2D eigenvalue weighted by Gasteiger charge is 2.15. The summed E-state index contributed by atoms with van der Waals surface area (Å²) in [6.45, 7) is 7.70. The molecule has 2 rings (SSSR count). The van der Waals surface area contributed by atoms with Crippen molar-refractivity contribution in [3.8, 4) is 0 Å². The van der Waals surface area contributed by atoms with Gasteiger partial charge in [-0.25, -0.2) is 0 Å². The molecule has 0 saturated carbocycles. The minimum atomic E-state index is 0.0860. The van der Waals surface area contributed by atoms with Crippen molar-refractivity contribution in [2.75, 3.05) is 11.9 Å². The molecule has 0 amide bonds. The Kier molecular flexibility index (Phi) is 3.96. The van der Waals surface area contributed by atoms with Crippen molar-refractivity contribution in [2.45, 2.75) is 25.5 Å². The zero-order chi connectivity index (χ0) is 11.4. The zero-order valence-electron chi connectivity index (χ0n) is 8.74. The molecule has 0 aliphatic carbocycles. The van der Waals surface area contributed by atoms with Crippen LogP contribution in [0.2, 0.25) is 0 Å². The normalized spacial score (nSPS) is 20.1. The molecule has 4 nitrogen and oxygen atoms in total. The largest absolute Gasteiger partial charge is 0.361 e. The third kappa shape index (κ3) is 2.83. The number of anilines is 1. The maximum Gasteiger partial charge on any atom is 0.270 e. The second kappa shape index (κ2) is 5.46. The van der Waals surface area contributed by atoms with Crippen molar-refractivity contribution in [3.05, 3.63) is 27.3 Å². The molecule has 0 bridgehead atoms. The number of hydrogen-bond donors (Lipinski definition) is 1. The maximum absolute atomic E-state index is 6.88. The highest BCUT2D eigenvalue weighted by molar-refractivity contribution is 14.1. The van der Waals surface area contributed by atoms with E-state index >= 15 is 0 Å². The van der Waals surface area contributed by atoms with Crippen LogP contribution in [0.1, 0.15) is 19.3 Å². The van der Waals surface area contributed by atoms with Gasteiger partial charge in [0.05, 0.1) is 5.69 Å². The Balaban J connectivity index is 2.06. The molecule has 1 aliphatic heterocycles. The van der Waals surface area contributed by atoms with E-state index < -0.39 is 0 Å². The van der Waals surface area contributed by atoms with Gasteiger partial charge in [-0.1, -0.05) is 6.57 Å². The first kappa shape index (κ1) is 11.6. The number of hydrogen-bond acceptors (Lipinski definition) is 3. The lowest BCUT2D eigenvalue weighted by Gasteiger charge is -2.24. The van der Waals surface area contributed by atoms with Crippen molar-refractivity contribution in [2.24, 2.45) is 0 Å². The predicted octanol–water partition coefficient (Wildman–Crippen LogP) is 3.18. The lowest BCUT2D eigenvalue weighted by Crippen LogP contribution is -2.27. The summed E-state index contributed by atoms with van der Waals surface area (Å²) in [7, 11) is 0. The van der Waals surface area contributed by atoms with Crippen LogP contribution in [0, 0.1) is 10.3 Å². The van der Waals surface area contributed by atoms with Gasteiger partial charge in [-0.3, -0.25) is 0 Å². The molecule has 1 unspecified atom stereocenters. The number of nitrogens with one attached hydrogen (secondary N) is 1. The molecule has 1 aromatic heterocycles. The zero-order valence-corrected chi connectivity index (χ0v) is 10.9. The molecule has 0 spiro atoms. The fourth-order valence-corrected chi connectivity index (χ4v) is 2.21. The number of nitrogens with zero attached hydrogens (tertiary/aromatic N) is 2. The maximum atomic E-state index is 6.88. The first-order valence-electron chi connectivity index (χ1n) is 5.22. The molecule has 1 aliphatic rings. The van der Waals surface area contributed by atoms with Crippen LogP contribution in [0.15, 0.2) is 12.1 Å². The van der Waals surface area contributed by atoms with Gasteiger partial charge < -0.3 is 14.9 Å². The van der Waals surface area contributed by atoms with Gasteiger partial charge in [0.2, 0.25) is 3.70 Å². The lowest BCUT2D eigenvalue weighted by molar-refractivity contribution is 0.0343. The van der Waals surface area contributed by atoms with Crippen molar-refractivity contribution < 1.29 is 4.74 Å². The molecule has 2 heterocycles. The summed E-state index contributed by atoms with van der Waals surface area (Å²) in [5.41, 5.74) is 0.944. The molecule has 1 N–H and O–H groups in total. The summed E-state index contributed by atoms with van der Waals surface area (Å²) >= 11 is 2.13. The van der Waals surface area contributed by atoms with E-state index in [0.29, 0.717) is 5.82 Å². The molecule has 5 heteroatoms. The number of ether oxygens (including phenoxy) is 1. The van der Waals surface area contributed by atoms with Crippen LogP contribution in [0.5, 0.6) is 0 Å². The van der Waals surface area contributed by atoms with Gasteiger partial charge in [-0.05, 0) is 31.4 Å². The Labute approximate surface area is 108 Å². The van der Waals surface area contributed by atoms with Gasteiger partial charge in [0.1, 0.15) is 6.23 Å². The predicted molar refractivity (Wildman–Crippen MR) is 70.4 cm³/mol. The lowest BCUT2D eigenvalue weighted by atomic mass is 10.2. The van der Waals surface area contributed by atoms with Crippen LogP contribution < -0.4 is 5.32 Å². The van der Waals surface area contributed by atoms with E-state index in [4.69, 9.17) is 11.3 Å². The van der Waals surface area contributed by atoms with E-state index in [-0.39, 0.29) is 6.23 Å². The molecule has 1 fully saturated rings. The average molecular weight is 329 g/mol. The molecule has 1 aromatic rings. The monoisotopic (exact) mass is 329 g/mol. The van der Waals surface area contributed by atoms with E-state index in [0.717, 1.165) is 28.8 Å². The quantitative estimate of drug-likeness (QED) is 0.515. The third-order valence-corrected chi connectivity index (χ3v) is 3.27. The van der Waals surface area contributed by atoms with E-state index in [9.17, 15) is 0 Å². The average Bonchev–Trinajstić information content (AvgIpc) is 2.33.